The second-order valence-corrected chi connectivity index (χ2v) is 6.73. The molecule has 0 radical (unpaired) electrons. The van der Waals surface area contributed by atoms with Gasteiger partial charge < -0.3 is 14.8 Å². The number of imidazole rings is 1. The van der Waals surface area contributed by atoms with Crippen LogP contribution in [0.5, 0.6) is 0 Å². The van der Waals surface area contributed by atoms with Gasteiger partial charge in [-0.2, -0.15) is 0 Å². The first-order valence-corrected chi connectivity index (χ1v) is 8.47. The first-order chi connectivity index (χ1) is 11.9. The maximum atomic E-state index is 12.8. The highest BCUT2D eigenvalue weighted by molar-refractivity contribution is 5.94. The Kier molecular flexibility index (Phi) is 4.57. The summed E-state index contributed by atoms with van der Waals surface area (Å²) in [7, 11) is 0. The fourth-order valence-corrected chi connectivity index (χ4v) is 3.05. The van der Waals surface area contributed by atoms with Crippen LogP contribution in [0.1, 0.15) is 59.0 Å². The van der Waals surface area contributed by atoms with E-state index in [1.165, 1.54) is 0 Å². The number of fused-ring (bicyclic) bond motifs is 1. The second kappa shape index (κ2) is 6.66. The van der Waals surface area contributed by atoms with Gasteiger partial charge in [-0.15, -0.1) is 0 Å². The van der Waals surface area contributed by atoms with Crippen LogP contribution in [0.3, 0.4) is 0 Å². The van der Waals surface area contributed by atoms with Gasteiger partial charge >= 0.3 is 0 Å². The van der Waals surface area contributed by atoms with Crippen molar-refractivity contribution in [2.45, 2.75) is 46.3 Å². The largest absolute Gasteiger partial charge is 0.348 e. The zero-order chi connectivity index (χ0) is 18.1. The molecule has 1 atom stereocenters. The third-order valence-electron chi connectivity index (χ3n) is 4.27. The van der Waals surface area contributed by atoms with Crippen molar-refractivity contribution in [3.8, 4) is 0 Å². The summed E-state index contributed by atoms with van der Waals surface area (Å²) in [6, 6.07) is 1.68. The number of rotatable bonds is 3. The Bertz CT molecular complexity index is 812. The smallest absolute Gasteiger partial charge is 0.271 e. The number of aromatic nitrogens is 3. The molecule has 25 heavy (non-hydrogen) atoms. The summed E-state index contributed by atoms with van der Waals surface area (Å²) in [4.78, 5) is 35.4. The van der Waals surface area contributed by atoms with Crippen molar-refractivity contribution in [3.05, 3.63) is 47.3 Å². The highest BCUT2D eigenvalue weighted by Gasteiger charge is 2.31. The highest BCUT2D eigenvalue weighted by Crippen LogP contribution is 2.26. The summed E-state index contributed by atoms with van der Waals surface area (Å²) in [6.07, 6.45) is 5.08. The van der Waals surface area contributed by atoms with E-state index in [0.717, 1.165) is 11.4 Å². The number of nitrogens with zero attached hydrogens (tertiary/aromatic N) is 4. The van der Waals surface area contributed by atoms with Crippen LogP contribution in [0, 0.1) is 6.92 Å². The topological polar surface area (TPSA) is 80.1 Å². The molecule has 2 aromatic rings. The molecule has 7 heteroatoms. The number of hydrogen-bond acceptors (Lipinski definition) is 4. The molecule has 0 unspecified atom stereocenters. The van der Waals surface area contributed by atoms with E-state index in [2.05, 4.69) is 15.3 Å². The van der Waals surface area contributed by atoms with Crippen molar-refractivity contribution in [2.75, 3.05) is 6.54 Å². The molecule has 2 aromatic heterocycles. The summed E-state index contributed by atoms with van der Waals surface area (Å²) < 4.78 is 1.96. The second-order valence-electron chi connectivity index (χ2n) is 6.73. The quantitative estimate of drug-likeness (QED) is 0.925. The Morgan fingerprint density at radius 3 is 2.72 bits per heavy atom. The average Bonchev–Trinajstić information content (AvgIpc) is 2.99. The van der Waals surface area contributed by atoms with Crippen LogP contribution in [0.25, 0.3) is 0 Å². The number of hydrogen-bond donors (Lipinski definition) is 1. The molecule has 0 fully saturated rings. The molecule has 1 aliphatic rings. The van der Waals surface area contributed by atoms with Crippen LogP contribution < -0.4 is 5.32 Å². The predicted molar refractivity (Wildman–Crippen MR) is 93.3 cm³/mol. The first kappa shape index (κ1) is 17.1. The molecule has 0 aliphatic carbocycles. The molecule has 2 amide bonds. The summed E-state index contributed by atoms with van der Waals surface area (Å²) in [5.74, 6) is 0.477. The number of carbonyl (C=O) groups is 2. The molecular weight excluding hydrogens is 318 g/mol. The van der Waals surface area contributed by atoms with E-state index in [1.54, 1.807) is 23.5 Å². The molecule has 0 spiro atoms. The van der Waals surface area contributed by atoms with E-state index in [-0.39, 0.29) is 23.9 Å². The van der Waals surface area contributed by atoms with Gasteiger partial charge in [0, 0.05) is 37.7 Å². The summed E-state index contributed by atoms with van der Waals surface area (Å²) >= 11 is 0. The molecule has 3 rings (SSSR count). The molecule has 132 valence electrons. The number of aryl methyl sites for hydroxylation is 1. The van der Waals surface area contributed by atoms with Gasteiger partial charge in [-0.25, -0.2) is 4.98 Å². The van der Waals surface area contributed by atoms with Gasteiger partial charge in [0.2, 0.25) is 0 Å². The average molecular weight is 341 g/mol. The first-order valence-electron chi connectivity index (χ1n) is 8.47. The molecular formula is C18H23N5O2. The zero-order valence-electron chi connectivity index (χ0n) is 15.0. The molecule has 0 saturated heterocycles. The lowest BCUT2D eigenvalue weighted by atomic mass is 10.1. The number of pyridine rings is 1. The lowest BCUT2D eigenvalue weighted by Gasteiger charge is -2.33. The SMILES string of the molecule is Cc1cncc(C(=O)N2CCn3cc(C(=O)NC(C)C)nc3[C@H]2C)c1. The lowest BCUT2D eigenvalue weighted by Crippen LogP contribution is -2.41. The number of amides is 2. The van der Waals surface area contributed by atoms with Gasteiger partial charge in [0.25, 0.3) is 11.8 Å². The van der Waals surface area contributed by atoms with E-state index in [0.29, 0.717) is 24.3 Å². The molecule has 1 N–H and O–H groups in total. The van der Waals surface area contributed by atoms with E-state index >= 15 is 0 Å². The molecule has 0 saturated carbocycles. The van der Waals surface area contributed by atoms with Crippen LogP contribution >= 0.6 is 0 Å². The maximum absolute atomic E-state index is 12.8. The van der Waals surface area contributed by atoms with Gasteiger partial charge in [0.15, 0.2) is 0 Å². The van der Waals surface area contributed by atoms with Crippen LogP contribution in [-0.2, 0) is 6.54 Å². The minimum Gasteiger partial charge on any atom is -0.348 e. The predicted octanol–water partition coefficient (Wildman–Crippen LogP) is 1.94. The van der Waals surface area contributed by atoms with Gasteiger partial charge in [-0.3, -0.25) is 14.6 Å². The van der Waals surface area contributed by atoms with Crippen molar-refractivity contribution in [1.29, 1.82) is 0 Å². The maximum Gasteiger partial charge on any atom is 0.271 e. The van der Waals surface area contributed by atoms with Crippen molar-refractivity contribution in [1.82, 2.24) is 24.8 Å². The standard InChI is InChI=1S/C18H23N5O2/c1-11(2)20-17(24)15-10-22-5-6-23(13(4)16(22)21-15)18(25)14-7-12(3)8-19-9-14/h7-11,13H,5-6H2,1-4H3,(H,20,24)/t13-/m1/s1. The highest BCUT2D eigenvalue weighted by atomic mass is 16.2. The third-order valence-corrected chi connectivity index (χ3v) is 4.27. The van der Waals surface area contributed by atoms with Crippen molar-refractivity contribution in [2.24, 2.45) is 0 Å². The van der Waals surface area contributed by atoms with Crippen LogP contribution in [-0.4, -0.2) is 43.8 Å². The minimum absolute atomic E-state index is 0.0514. The summed E-state index contributed by atoms with van der Waals surface area (Å²) in [5, 5.41) is 2.85. The van der Waals surface area contributed by atoms with Crippen molar-refractivity contribution < 1.29 is 9.59 Å². The Labute approximate surface area is 147 Å². The van der Waals surface area contributed by atoms with E-state index < -0.39 is 0 Å². The normalized spacial score (nSPS) is 16.7. The molecule has 0 bridgehead atoms. The molecule has 7 nitrogen and oxygen atoms in total. The zero-order valence-corrected chi connectivity index (χ0v) is 15.0. The molecule has 1 aliphatic heterocycles. The number of carbonyl (C=O) groups excluding carboxylic acids is 2. The van der Waals surface area contributed by atoms with Crippen molar-refractivity contribution in [3.63, 3.8) is 0 Å². The van der Waals surface area contributed by atoms with E-state index in [9.17, 15) is 9.59 Å². The Morgan fingerprint density at radius 1 is 1.28 bits per heavy atom. The summed E-state index contributed by atoms with van der Waals surface area (Å²) in [5.41, 5.74) is 1.91. The van der Waals surface area contributed by atoms with Crippen molar-refractivity contribution >= 4 is 11.8 Å². The third kappa shape index (κ3) is 3.40. The fourth-order valence-electron chi connectivity index (χ4n) is 3.05. The fraction of sp³-hybridized carbons (Fsp3) is 0.444. The Balaban J connectivity index is 1.83. The lowest BCUT2D eigenvalue weighted by molar-refractivity contribution is 0.0637. The van der Waals surface area contributed by atoms with Gasteiger partial charge in [-0.05, 0) is 39.3 Å². The van der Waals surface area contributed by atoms with Crippen LogP contribution in [0.4, 0.5) is 0 Å². The molecule has 3 heterocycles. The molecule has 0 aromatic carbocycles. The van der Waals surface area contributed by atoms with Gasteiger partial charge in [-0.1, -0.05) is 0 Å². The Morgan fingerprint density at radius 2 is 2.04 bits per heavy atom. The van der Waals surface area contributed by atoms with Crippen LogP contribution in [0.15, 0.2) is 24.7 Å². The minimum atomic E-state index is -0.206. The van der Waals surface area contributed by atoms with E-state index in [1.807, 2.05) is 38.3 Å². The van der Waals surface area contributed by atoms with Gasteiger partial charge in [0.05, 0.1) is 11.6 Å². The monoisotopic (exact) mass is 341 g/mol. The van der Waals surface area contributed by atoms with E-state index in [4.69, 9.17) is 0 Å². The number of nitrogens with one attached hydrogen (secondary N) is 1. The van der Waals surface area contributed by atoms with Gasteiger partial charge in [0.1, 0.15) is 11.5 Å². The Hall–Kier alpha value is -2.70. The summed E-state index contributed by atoms with van der Waals surface area (Å²) in [6.45, 7) is 8.85. The van der Waals surface area contributed by atoms with Crippen LogP contribution in [0.2, 0.25) is 0 Å².